The summed E-state index contributed by atoms with van der Waals surface area (Å²) in [5.74, 6) is 1.34. The van der Waals surface area contributed by atoms with Gasteiger partial charge in [0.05, 0.1) is 12.5 Å². The van der Waals surface area contributed by atoms with E-state index in [0.29, 0.717) is 11.8 Å². The van der Waals surface area contributed by atoms with E-state index in [2.05, 4.69) is 10.6 Å². The first-order valence-electron chi connectivity index (χ1n) is 8.38. The molecular formula is C16H29N3O2. The van der Waals surface area contributed by atoms with Crippen LogP contribution in [0, 0.1) is 23.2 Å². The minimum atomic E-state index is 0.0464. The molecule has 3 aliphatic rings. The van der Waals surface area contributed by atoms with E-state index in [0.717, 1.165) is 45.5 Å². The lowest BCUT2D eigenvalue weighted by Crippen LogP contribution is -2.51. The van der Waals surface area contributed by atoms with Gasteiger partial charge in [0, 0.05) is 25.1 Å². The third kappa shape index (κ3) is 2.96. The SMILES string of the molecule is COCC1(CNC(=O)C2C3CCC(C3)C2N)CCNCC1. The van der Waals surface area contributed by atoms with Gasteiger partial charge in [-0.3, -0.25) is 4.79 Å². The Kier molecular flexibility index (Phi) is 4.52. The lowest BCUT2D eigenvalue weighted by Gasteiger charge is -2.38. The van der Waals surface area contributed by atoms with Gasteiger partial charge in [-0.2, -0.15) is 0 Å². The van der Waals surface area contributed by atoms with Gasteiger partial charge in [0.1, 0.15) is 0 Å². The first kappa shape index (κ1) is 15.3. The second-order valence-corrected chi connectivity index (χ2v) is 7.34. The molecule has 1 amide bonds. The maximum Gasteiger partial charge on any atom is 0.224 e. The maximum atomic E-state index is 12.6. The molecule has 2 bridgehead atoms. The Labute approximate surface area is 127 Å². The van der Waals surface area contributed by atoms with Crippen LogP contribution in [-0.4, -0.2) is 45.3 Å². The van der Waals surface area contributed by atoms with E-state index in [1.54, 1.807) is 7.11 Å². The van der Waals surface area contributed by atoms with Crippen molar-refractivity contribution in [1.29, 1.82) is 0 Å². The number of nitrogens with one attached hydrogen (secondary N) is 2. The standard InChI is InChI=1S/C16H29N3O2/c1-21-10-16(4-6-18-7-5-16)9-19-15(20)13-11-2-3-12(8-11)14(13)17/h11-14,18H,2-10,17H2,1H3,(H,19,20). The molecule has 4 atom stereocenters. The molecular weight excluding hydrogens is 266 g/mol. The molecule has 0 aromatic heterocycles. The summed E-state index contributed by atoms with van der Waals surface area (Å²) in [6.45, 7) is 3.46. The summed E-state index contributed by atoms with van der Waals surface area (Å²) in [5, 5.41) is 6.59. The molecule has 2 aliphatic carbocycles. The van der Waals surface area contributed by atoms with Gasteiger partial charge in [-0.25, -0.2) is 0 Å². The summed E-state index contributed by atoms with van der Waals surface area (Å²) in [5.41, 5.74) is 6.36. The van der Waals surface area contributed by atoms with Crippen molar-refractivity contribution in [3.8, 4) is 0 Å². The number of amides is 1. The zero-order valence-corrected chi connectivity index (χ0v) is 13.1. The fourth-order valence-electron chi connectivity index (χ4n) is 4.75. The van der Waals surface area contributed by atoms with Crippen molar-refractivity contribution in [2.45, 2.75) is 38.1 Å². The van der Waals surface area contributed by atoms with Crippen molar-refractivity contribution >= 4 is 5.91 Å². The number of hydrogen-bond donors (Lipinski definition) is 3. The number of rotatable bonds is 5. The van der Waals surface area contributed by atoms with Crippen molar-refractivity contribution < 1.29 is 9.53 Å². The summed E-state index contributed by atoms with van der Waals surface area (Å²) < 4.78 is 5.41. The van der Waals surface area contributed by atoms with E-state index in [9.17, 15) is 4.79 Å². The second-order valence-electron chi connectivity index (χ2n) is 7.34. The number of carbonyl (C=O) groups excluding carboxylic acids is 1. The topological polar surface area (TPSA) is 76.4 Å². The molecule has 2 saturated carbocycles. The van der Waals surface area contributed by atoms with Crippen LogP contribution in [0.5, 0.6) is 0 Å². The number of fused-ring (bicyclic) bond motifs is 2. The predicted octanol–water partition coefficient (Wildman–Crippen LogP) is 0.492. The van der Waals surface area contributed by atoms with Gasteiger partial charge < -0.3 is 21.1 Å². The smallest absolute Gasteiger partial charge is 0.224 e. The van der Waals surface area contributed by atoms with Crippen LogP contribution in [0.1, 0.15) is 32.1 Å². The van der Waals surface area contributed by atoms with Crippen molar-refractivity contribution in [2.75, 3.05) is 33.4 Å². The highest BCUT2D eigenvalue weighted by molar-refractivity contribution is 5.80. The molecule has 0 aromatic carbocycles. The van der Waals surface area contributed by atoms with Crippen molar-refractivity contribution in [1.82, 2.24) is 10.6 Å². The third-order valence-electron chi connectivity index (χ3n) is 6.04. The zero-order chi connectivity index (χ0) is 14.9. The largest absolute Gasteiger partial charge is 0.384 e. The quantitative estimate of drug-likeness (QED) is 0.690. The minimum Gasteiger partial charge on any atom is -0.384 e. The van der Waals surface area contributed by atoms with Crippen LogP contribution in [0.4, 0.5) is 0 Å². The van der Waals surface area contributed by atoms with Crippen LogP contribution in [0.2, 0.25) is 0 Å². The molecule has 4 unspecified atom stereocenters. The third-order valence-corrected chi connectivity index (χ3v) is 6.04. The number of hydrogen-bond acceptors (Lipinski definition) is 4. The molecule has 3 fully saturated rings. The zero-order valence-electron chi connectivity index (χ0n) is 13.1. The normalized spacial score (nSPS) is 37.6. The summed E-state index contributed by atoms with van der Waals surface area (Å²) in [6, 6.07) is 0.0788. The van der Waals surface area contributed by atoms with Gasteiger partial charge in [-0.05, 0) is 57.0 Å². The van der Waals surface area contributed by atoms with Gasteiger partial charge in [-0.1, -0.05) is 0 Å². The summed E-state index contributed by atoms with van der Waals surface area (Å²) in [7, 11) is 1.75. The number of piperidine rings is 1. The lowest BCUT2D eigenvalue weighted by atomic mass is 9.79. The molecule has 4 N–H and O–H groups in total. The van der Waals surface area contributed by atoms with E-state index >= 15 is 0 Å². The van der Waals surface area contributed by atoms with Crippen LogP contribution in [0.25, 0.3) is 0 Å². The average molecular weight is 295 g/mol. The molecule has 1 aliphatic heterocycles. The van der Waals surface area contributed by atoms with E-state index in [-0.39, 0.29) is 23.3 Å². The predicted molar refractivity (Wildman–Crippen MR) is 81.7 cm³/mol. The first-order chi connectivity index (χ1) is 10.2. The Hall–Kier alpha value is -0.650. The van der Waals surface area contributed by atoms with Crippen molar-refractivity contribution in [3.05, 3.63) is 0 Å². The monoisotopic (exact) mass is 295 g/mol. The van der Waals surface area contributed by atoms with E-state index in [4.69, 9.17) is 10.5 Å². The molecule has 1 heterocycles. The van der Waals surface area contributed by atoms with Gasteiger partial charge >= 0.3 is 0 Å². The number of methoxy groups -OCH3 is 1. The van der Waals surface area contributed by atoms with Crippen molar-refractivity contribution in [2.24, 2.45) is 28.9 Å². The molecule has 5 nitrogen and oxygen atoms in total. The van der Waals surface area contributed by atoms with Crippen LogP contribution in [-0.2, 0) is 9.53 Å². The Morgan fingerprint density at radius 3 is 2.67 bits per heavy atom. The maximum absolute atomic E-state index is 12.6. The fourth-order valence-corrected chi connectivity index (χ4v) is 4.75. The molecule has 5 heteroatoms. The number of ether oxygens (including phenoxy) is 1. The first-order valence-corrected chi connectivity index (χ1v) is 8.38. The molecule has 0 aromatic rings. The van der Waals surface area contributed by atoms with E-state index in [1.807, 2.05) is 0 Å². The van der Waals surface area contributed by atoms with E-state index in [1.165, 1.54) is 12.8 Å². The summed E-state index contributed by atoms with van der Waals surface area (Å²) >= 11 is 0. The summed E-state index contributed by atoms with van der Waals surface area (Å²) in [4.78, 5) is 12.6. The average Bonchev–Trinajstić information content (AvgIpc) is 3.07. The molecule has 0 radical (unpaired) electrons. The van der Waals surface area contributed by atoms with Crippen LogP contribution >= 0.6 is 0 Å². The minimum absolute atomic E-state index is 0.0464. The number of carbonyl (C=O) groups is 1. The molecule has 21 heavy (non-hydrogen) atoms. The van der Waals surface area contributed by atoms with Crippen LogP contribution in [0.15, 0.2) is 0 Å². The molecule has 1 saturated heterocycles. The van der Waals surface area contributed by atoms with E-state index < -0.39 is 0 Å². The van der Waals surface area contributed by atoms with Gasteiger partial charge in [0.15, 0.2) is 0 Å². The second kappa shape index (κ2) is 6.23. The van der Waals surface area contributed by atoms with Gasteiger partial charge in [-0.15, -0.1) is 0 Å². The number of nitrogens with two attached hydrogens (primary N) is 1. The Balaban J connectivity index is 1.57. The summed E-state index contributed by atoms with van der Waals surface area (Å²) in [6.07, 6.45) is 5.68. The highest BCUT2D eigenvalue weighted by atomic mass is 16.5. The van der Waals surface area contributed by atoms with Crippen molar-refractivity contribution in [3.63, 3.8) is 0 Å². The molecule has 3 rings (SSSR count). The highest BCUT2D eigenvalue weighted by Crippen LogP contribution is 2.47. The van der Waals surface area contributed by atoms with Crippen LogP contribution in [0.3, 0.4) is 0 Å². The van der Waals surface area contributed by atoms with Crippen LogP contribution < -0.4 is 16.4 Å². The fraction of sp³-hybridized carbons (Fsp3) is 0.938. The Morgan fingerprint density at radius 1 is 1.33 bits per heavy atom. The molecule has 120 valence electrons. The molecule has 0 spiro atoms. The van der Waals surface area contributed by atoms with Gasteiger partial charge in [0.2, 0.25) is 5.91 Å². The highest BCUT2D eigenvalue weighted by Gasteiger charge is 2.49. The lowest BCUT2D eigenvalue weighted by molar-refractivity contribution is -0.128. The van der Waals surface area contributed by atoms with Gasteiger partial charge in [0.25, 0.3) is 0 Å². The Morgan fingerprint density at radius 2 is 2.05 bits per heavy atom. The Bertz CT molecular complexity index is 374.